The quantitative estimate of drug-likeness (QED) is 0.534. The highest BCUT2D eigenvalue weighted by molar-refractivity contribution is 5.94. The van der Waals surface area contributed by atoms with Gasteiger partial charge in [0.15, 0.2) is 0 Å². The van der Waals surface area contributed by atoms with Gasteiger partial charge in [-0.05, 0) is 62.1 Å². The number of amides is 1. The zero-order valence-corrected chi connectivity index (χ0v) is 17.5. The molecule has 0 atom stereocenters. The Morgan fingerprint density at radius 3 is 2.34 bits per heavy atom. The van der Waals surface area contributed by atoms with Gasteiger partial charge in [-0.1, -0.05) is 18.2 Å². The van der Waals surface area contributed by atoms with Gasteiger partial charge in [0.05, 0.1) is 5.52 Å². The molecule has 4 rings (SSSR count). The molecule has 8 heteroatoms. The Labute approximate surface area is 183 Å². The van der Waals surface area contributed by atoms with Crippen LogP contribution in [-0.4, -0.2) is 30.0 Å². The lowest BCUT2D eigenvalue weighted by Crippen LogP contribution is -2.43. The van der Waals surface area contributed by atoms with E-state index < -0.39 is 17.7 Å². The van der Waals surface area contributed by atoms with E-state index in [9.17, 15) is 22.4 Å². The zero-order valence-electron chi connectivity index (χ0n) is 17.5. The predicted molar refractivity (Wildman–Crippen MR) is 115 cm³/mol. The van der Waals surface area contributed by atoms with Gasteiger partial charge in [-0.3, -0.25) is 4.79 Å². The topological polar surface area (TPSA) is 45.2 Å². The largest absolute Gasteiger partial charge is 0.433 e. The molecule has 0 bridgehead atoms. The van der Waals surface area contributed by atoms with Crippen molar-refractivity contribution in [1.29, 1.82) is 0 Å². The van der Waals surface area contributed by atoms with E-state index >= 15 is 0 Å². The third-order valence-electron chi connectivity index (χ3n) is 6.05. The summed E-state index contributed by atoms with van der Waals surface area (Å²) in [7, 11) is 1.81. The average molecular weight is 445 g/mol. The Hall–Kier alpha value is -3.16. The number of anilines is 1. The van der Waals surface area contributed by atoms with E-state index in [1.165, 1.54) is 24.3 Å². The normalized spacial score (nSPS) is 19.0. The molecule has 168 valence electrons. The minimum Gasteiger partial charge on any atom is -0.371 e. The summed E-state index contributed by atoms with van der Waals surface area (Å²) in [6.45, 7) is 0. The molecule has 1 aliphatic carbocycles. The van der Waals surface area contributed by atoms with E-state index in [0.717, 1.165) is 18.9 Å². The van der Waals surface area contributed by atoms with Crippen LogP contribution in [0.25, 0.3) is 10.9 Å². The monoisotopic (exact) mass is 445 g/mol. The standard InChI is InChI=1S/C24H23F4N3O/c1-31(21-14-22(24(26,27)28)30-20-5-3-2-4-19(20)21)18-12-10-17(11-13-18)29-23(32)15-6-8-16(25)9-7-15/h2-9,14,17-18H,10-13H2,1H3,(H,29,32). The van der Waals surface area contributed by atoms with Crippen molar-refractivity contribution in [3.05, 3.63) is 71.7 Å². The van der Waals surface area contributed by atoms with Gasteiger partial charge in [0.25, 0.3) is 5.91 Å². The summed E-state index contributed by atoms with van der Waals surface area (Å²) in [4.78, 5) is 18.1. The Morgan fingerprint density at radius 1 is 1.03 bits per heavy atom. The van der Waals surface area contributed by atoms with Crippen molar-refractivity contribution in [2.45, 2.75) is 43.9 Å². The van der Waals surface area contributed by atoms with Crippen molar-refractivity contribution in [3.63, 3.8) is 0 Å². The van der Waals surface area contributed by atoms with Crippen LogP contribution in [0.15, 0.2) is 54.6 Å². The smallest absolute Gasteiger partial charge is 0.371 e. The summed E-state index contributed by atoms with van der Waals surface area (Å²) < 4.78 is 53.2. The van der Waals surface area contributed by atoms with Crippen molar-refractivity contribution >= 4 is 22.5 Å². The fourth-order valence-electron chi connectivity index (χ4n) is 4.27. The maximum Gasteiger partial charge on any atom is 0.433 e. The molecule has 0 spiro atoms. The summed E-state index contributed by atoms with van der Waals surface area (Å²) in [5, 5.41) is 3.65. The minimum absolute atomic E-state index is 0.0304. The van der Waals surface area contributed by atoms with Crippen LogP contribution >= 0.6 is 0 Å². The number of rotatable bonds is 4. The van der Waals surface area contributed by atoms with E-state index in [0.29, 0.717) is 35.0 Å². The number of nitrogens with one attached hydrogen (secondary N) is 1. The molecule has 0 saturated heterocycles. The SMILES string of the molecule is CN(c1cc(C(F)(F)F)nc2ccccc12)C1CCC(NC(=O)c2ccc(F)cc2)CC1. The summed E-state index contributed by atoms with van der Waals surface area (Å²) in [6, 6.07) is 13.3. The lowest BCUT2D eigenvalue weighted by Gasteiger charge is -2.37. The van der Waals surface area contributed by atoms with Crippen molar-refractivity contribution in [3.8, 4) is 0 Å². The average Bonchev–Trinajstić information content (AvgIpc) is 2.78. The lowest BCUT2D eigenvalue weighted by molar-refractivity contribution is -0.140. The first-order valence-corrected chi connectivity index (χ1v) is 10.5. The minimum atomic E-state index is -4.53. The molecule has 4 nitrogen and oxygen atoms in total. The molecular weight excluding hydrogens is 422 g/mol. The summed E-state index contributed by atoms with van der Waals surface area (Å²) in [5.74, 6) is -0.654. The molecule has 1 aromatic heterocycles. The number of carbonyl (C=O) groups excluding carboxylic acids is 1. The number of halogens is 4. The van der Waals surface area contributed by atoms with E-state index in [1.807, 2.05) is 11.9 Å². The number of aromatic nitrogens is 1. The van der Waals surface area contributed by atoms with E-state index in [-0.39, 0.29) is 18.0 Å². The van der Waals surface area contributed by atoms with E-state index in [2.05, 4.69) is 10.3 Å². The molecule has 1 aliphatic rings. The molecule has 0 unspecified atom stereocenters. The van der Waals surface area contributed by atoms with Gasteiger partial charge in [0.1, 0.15) is 11.5 Å². The number of alkyl halides is 3. The van der Waals surface area contributed by atoms with Crippen LogP contribution in [0, 0.1) is 5.82 Å². The molecule has 0 radical (unpaired) electrons. The zero-order chi connectivity index (χ0) is 22.9. The fourth-order valence-corrected chi connectivity index (χ4v) is 4.27. The molecule has 1 N–H and O–H groups in total. The first-order chi connectivity index (χ1) is 15.2. The lowest BCUT2D eigenvalue weighted by atomic mass is 9.89. The molecule has 32 heavy (non-hydrogen) atoms. The van der Waals surface area contributed by atoms with Gasteiger partial charge in [0, 0.05) is 35.8 Å². The third-order valence-corrected chi connectivity index (χ3v) is 6.05. The Kier molecular flexibility index (Phi) is 6.04. The number of fused-ring (bicyclic) bond motifs is 1. The molecule has 1 saturated carbocycles. The summed E-state index contributed by atoms with van der Waals surface area (Å²) in [6.07, 6.45) is -1.66. The second-order valence-electron chi connectivity index (χ2n) is 8.14. The van der Waals surface area contributed by atoms with E-state index in [4.69, 9.17) is 0 Å². The second kappa shape index (κ2) is 8.76. The van der Waals surface area contributed by atoms with Crippen LogP contribution < -0.4 is 10.2 Å². The molecular formula is C24H23F4N3O. The maximum absolute atomic E-state index is 13.4. The second-order valence-corrected chi connectivity index (χ2v) is 8.14. The Bertz CT molecular complexity index is 1110. The summed E-state index contributed by atoms with van der Waals surface area (Å²) >= 11 is 0. The van der Waals surface area contributed by atoms with Crippen molar-refractivity contribution < 1.29 is 22.4 Å². The third kappa shape index (κ3) is 4.69. The Morgan fingerprint density at radius 2 is 1.69 bits per heavy atom. The van der Waals surface area contributed by atoms with Gasteiger partial charge in [0.2, 0.25) is 0 Å². The van der Waals surface area contributed by atoms with Crippen LogP contribution in [0.3, 0.4) is 0 Å². The number of para-hydroxylation sites is 1. The number of hydrogen-bond donors (Lipinski definition) is 1. The van der Waals surface area contributed by atoms with Gasteiger partial charge < -0.3 is 10.2 Å². The number of benzene rings is 2. The Balaban J connectivity index is 1.46. The van der Waals surface area contributed by atoms with Gasteiger partial charge in [-0.25, -0.2) is 9.37 Å². The fraction of sp³-hybridized carbons (Fsp3) is 0.333. The number of hydrogen-bond acceptors (Lipinski definition) is 3. The number of nitrogens with zero attached hydrogens (tertiary/aromatic N) is 2. The van der Waals surface area contributed by atoms with Crippen LogP contribution in [0.5, 0.6) is 0 Å². The predicted octanol–water partition coefficient (Wildman–Crippen LogP) is 5.57. The van der Waals surface area contributed by atoms with Crippen molar-refractivity contribution in [2.24, 2.45) is 0 Å². The van der Waals surface area contributed by atoms with Crippen LogP contribution in [0.4, 0.5) is 23.2 Å². The van der Waals surface area contributed by atoms with Crippen molar-refractivity contribution in [1.82, 2.24) is 10.3 Å². The number of pyridine rings is 1. The van der Waals surface area contributed by atoms with Gasteiger partial charge >= 0.3 is 6.18 Å². The van der Waals surface area contributed by atoms with Crippen molar-refractivity contribution in [2.75, 3.05) is 11.9 Å². The maximum atomic E-state index is 13.4. The van der Waals surface area contributed by atoms with Crippen LogP contribution in [-0.2, 0) is 6.18 Å². The molecule has 3 aromatic rings. The highest BCUT2D eigenvalue weighted by Crippen LogP contribution is 2.36. The number of carbonyl (C=O) groups is 1. The first-order valence-electron chi connectivity index (χ1n) is 10.5. The highest BCUT2D eigenvalue weighted by atomic mass is 19.4. The molecule has 1 heterocycles. The molecule has 0 aliphatic heterocycles. The summed E-state index contributed by atoms with van der Waals surface area (Å²) in [5.41, 5.74) is 0.304. The van der Waals surface area contributed by atoms with Crippen LogP contribution in [0.1, 0.15) is 41.7 Å². The van der Waals surface area contributed by atoms with Gasteiger partial charge in [-0.15, -0.1) is 0 Å². The molecule has 1 amide bonds. The van der Waals surface area contributed by atoms with E-state index in [1.54, 1.807) is 24.3 Å². The van der Waals surface area contributed by atoms with Gasteiger partial charge in [-0.2, -0.15) is 13.2 Å². The first kappa shape index (κ1) is 22.0. The highest BCUT2D eigenvalue weighted by Gasteiger charge is 2.34. The van der Waals surface area contributed by atoms with Crippen LogP contribution in [0.2, 0.25) is 0 Å². The molecule has 2 aromatic carbocycles. The molecule has 1 fully saturated rings.